The summed E-state index contributed by atoms with van der Waals surface area (Å²) in [5.74, 6) is -12.9. The smallest absolute Gasteiger partial charge is 0.307 e. The van der Waals surface area contributed by atoms with Gasteiger partial charge in [0.2, 0.25) is 5.91 Å². The number of nitrogens with one attached hydrogen (secondary N) is 1. The van der Waals surface area contributed by atoms with E-state index in [1.807, 2.05) is 6.92 Å². The SMILES string of the molecule is CCCCNC(=O)C([C@H](CC(=O)O)C(=O)O)[C@@H](CC(=O)O)C(=O)O. The van der Waals surface area contributed by atoms with Gasteiger partial charge in [0, 0.05) is 6.54 Å². The lowest BCUT2D eigenvalue weighted by Crippen LogP contribution is -2.46. The van der Waals surface area contributed by atoms with Gasteiger partial charge in [0.1, 0.15) is 0 Å². The highest BCUT2D eigenvalue weighted by Crippen LogP contribution is 2.28. The van der Waals surface area contributed by atoms with Crippen molar-refractivity contribution < 1.29 is 44.4 Å². The molecule has 136 valence electrons. The summed E-state index contributed by atoms with van der Waals surface area (Å²) in [5.41, 5.74) is 0. The van der Waals surface area contributed by atoms with Crippen LogP contribution in [0.15, 0.2) is 0 Å². The van der Waals surface area contributed by atoms with E-state index in [2.05, 4.69) is 5.32 Å². The lowest BCUT2D eigenvalue weighted by atomic mass is 9.77. The minimum absolute atomic E-state index is 0.144. The summed E-state index contributed by atoms with van der Waals surface area (Å²) in [4.78, 5) is 56.6. The summed E-state index contributed by atoms with van der Waals surface area (Å²) in [6, 6.07) is 0. The molecule has 0 saturated heterocycles. The molecule has 5 N–H and O–H groups in total. The second-order valence-electron chi connectivity index (χ2n) is 5.26. The zero-order chi connectivity index (χ0) is 18.9. The highest BCUT2D eigenvalue weighted by Gasteiger charge is 2.44. The lowest BCUT2D eigenvalue weighted by Gasteiger charge is -2.26. The van der Waals surface area contributed by atoms with Crippen molar-refractivity contribution in [3.05, 3.63) is 0 Å². The summed E-state index contributed by atoms with van der Waals surface area (Å²) in [5, 5.41) is 38.4. The molecule has 0 fully saturated rings. The van der Waals surface area contributed by atoms with E-state index in [1.54, 1.807) is 0 Å². The topological polar surface area (TPSA) is 178 Å². The van der Waals surface area contributed by atoms with E-state index in [0.717, 1.165) is 0 Å². The van der Waals surface area contributed by atoms with Gasteiger partial charge in [-0.15, -0.1) is 0 Å². The molecule has 10 heteroatoms. The first kappa shape index (κ1) is 21.4. The van der Waals surface area contributed by atoms with Gasteiger partial charge < -0.3 is 25.7 Å². The highest BCUT2D eigenvalue weighted by molar-refractivity contribution is 5.92. The minimum Gasteiger partial charge on any atom is -0.481 e. The number of aliphatic carboxylic acids is 4. The molecule has 0 heterocycles. The number of carbonyl (C=O) groups is 5. The predicted octanol–water partition coefficient (Wildman–Crippen LogP) is -0.130. The molecule has 24 heavy (non-hydrogen) atoms. The van der Waals surface area contributed by atoms with Crippen LogP contribution in [-0.4, -0.2) is 56.8 Å². The Labute approximate surface area is 137 Å². The van der Waals surface area contributed by atoms with Crippen LogP contribution in [0, 0.1) is 17.8 Å². The van der Waals surface area contributed by atoms with Gasteiger partial charge in [0.05, 0.1) is 30.6 Å². The molecule has 0 aromatic carbocycles. The van der Waals surface area contributed by atoms with Crippen LogP contribution in [0.5, 0.6) is 0 Å². The fourth-order valence-corrected chi connectivity index (χ4v) is 2.26. The van der Waals surface area contributed by atoms with Crippen molar-refractivity contribution in [2.45, 2.75) is 32.6 Å². The van der Waals surface area contributed by atoms with E-state index in [-0.39, 0.29) is 6.54 Å². The molecule has 0 radical (unpaired) electrons. The summed E-state index contributed by atoms with van der Waals surface area (Å²) >= 11 is 0. The molecular formula is C14H21NO9. The van der Waals surface area contributed by atoms with Crippen molar-refractivity contribution in [2.24, 2.45) is 17.8 Å². The Kier molecular flexibility index (Phi) is 9.06. The molecule has 0 aromatic heterocycles. The van der Waals surface area contributed by atoms with Gasteiger partial charge in [0.15, 0.2) is 0 Å². The van der Waals surface area contributed by atoms with Crippen molar-refractivity contribution in [1.29, 1.82) is 0 Å². The molecule has 0 aromatic rings. The van der Waals surface area contributed by atoms with Gasteiger partial charge in [0.25, 0.3) is 0 Å². The largest absolute Gasteiger partial charge is 0.481 e. The quantitative estimate of drug-likeness (QED) is 0.301. The van der Waals surface area contributed by atoms with E-state index in [4.69, 9.17) is 10.2 Å². The predicted molar refractivity (Wildman–Crippen MR) is 78.2 cm³/mol. The second kappa shape index (κ2) is 10.2. The summed E-state index contributed by atoms with van der Waals surface area (Å²) in [6.45, 7) is 1.98. The molecule has 0 rings (SSSR count). The van der Waals surface area contributed by atoms with Gasteiger partial charge in [-0.3, -0.25) is 24.0 Å². The van der Waals surface area contributed by atoms with Crippen LogP contribution in [0.4, 0.5) is 0 Å². The third-order valence-electron chi connectivity index (χ3n) is 3.42. The van der Waals surface area contributed by atoms with Crippen LogP contribution in [-0.2, 0) is 24.0 Å². The number of hydrogen-bond donors (Lipinski definition) is 5. The Morgan fingerprint density at radius 1 is 0.833 bits per heavy atom. The fourth-order valence-electron chi connectivity index (χ4n) is 2.26. The maximum atomic E-state index is 12.2. The molecule has 0 saturated carbocycles. The Morgan fingerprint density at radius 2 is 1.25 bits per heavy atom. The first-order chi connectivity index (χ1) is 11.1. The average Bonchev–Trinajstić information content (AvgIpc) is 2.44. The zero-order valence-corrected chi connectivity index (χ0v) is 13.1. The third-order valence-corrected chi connectivity index (χ3v) is 3.42. The van der Waals surface area contributed by atoms with E-state index < -0.39 is 60.4 Å². The van der Waals surface area contributed by atoms with E-state index in [1.165, 1.54) is 0 Å². The number of carboxylic acid groups (broad SMARTS) is 4. The summed E-state index contributed by atoms with van der Waals surface area (Å²) < 4.78 is 0. The van der Waals surface area contributed by atoms with Gasteiger partial charge in [-0.1, -0.05) is 13.3 Å². The number of unbranched alkanes of at least 4 members (excludes halogenated alkanes) is 1. The van der Waals surface area contributed by atoms with Crippen LogP contribution < -0.4 is 5.32 Å². The van der Waals surface area contributed by atoms with Gasteiger partial charge in [-0.2, -0.15) is 0 Å². The first-order valence-corrected chi connectivity index (χ1v) is 7.28. The molecule has 0 bridgehead atoms. The van der Waals surface area contributed by atoms with Crippen LogP contribution in [0.25, 0.3) is 0 Å². The molecule has 1 amide bonds. The van der Waals surface area contributed by atoms with Crippen LogP contribution in [0.3, 0.4) is 0 Å². The number of hydrogen-bond acceptors (Lipinski definition) is 5. The second-order valence-corrected chi connectivity index (χ2v) is 5.26. The van der Waals surface area contributed by atoms with E-state index >= 15 is 0 Å². The number of rotatable bonds is 12. The van der Waals surface area contributed by atoms with Crippen LogP contribution in [0.2, 0.25) is 0 Å². The lowest BCUT2D eigenvalue weighted by molar-refractivity contribution is -0.161. The molecule has 0 aliphatic rings. The molecule has 10 nitrogen and oxygen atoms in total. The molecule has 0 aliphatic carbocycles. The number of amides is 1. The van der Waals surface area contributed by atoms with Crippen molar-refractivity contribution >= 4 is 29.8 Å². The third kappa shape index (κ3) is 7.07. The maximum absolute atomic E-state index is 12.2. The maximum Gasteiger partial charge on any atom is 0.307 e. The van der Waals surface area contributed by atoms with Crippen molar-refractivity contribution in [3.8, 4) is 0 Å². The fraction of sp³-hybridized carbons (Fsp3) is 0.643. The Hall–Kier alpha value is -2.65. The average molecular weight is 347 g/mol. The number of carbonyl (C=O) groups excluding carboxylic acids is 1. The van der Waals surface area contributed by atoms with Gasteiger partial charge in [-0.25, -0.2) is 0 Å². The summed E-state index contributed by atoms with van der Waals surface area (Å²) in [7, 11) is 0. The molecule has 1 unspecified atom stereocenters. The van der Waals surface area contributed by atoms with Crippen LogP contribution >= 0.6 is 0 Å². The van der Waals surface area contributed by atoms with Crippen molar-refractivity contribution in [3.63, 3.8) is 0 Å². The highest BCUT2D eigenvalue weighted by atomic mass is 16.4. The Morgan fingerprint density at radius 3 is 1.54 bits per heavy atom. The Bertz CT molecular complexity index is 468. The van der Waals surface area contributed by atoms with E-state index in [0.29, 0.717) is 12.8 Å². The van der Waals surface area contributed by atoms with Gasteiger partial charge in [-0.05, 0) is 6.42 Å². The number of carboxylic acids is 4. The van der Waals surface area contributed by atoms with E-state index in [9.17, 15) is 34.2 Å². The zero-order valence-electron chi connectivity index (χ0n) is 13.1. The normalized spacial score (nSPS) is 14.2. The first-order valence-electron chi connectivity index (χ1n) is 7.28. The Balaban J connectivity index is 5.70. The monoisotopic (exact) mass is 347 g/mol. The summed E-state index contributed by atoms with van der Waals surface area (Å²) in [6.07, 6.45) is -0.735. The van der Waals surface area contributed by atoms with Crippen LogP contribution in [0.1, 0.15) is 32.6 Å². The molecular weight excluding hydrogens is 326 g/mol. The minimum atomic E-state index is -1.86. The van der Waals surface area contributed by atoms with Gasteiger partial charge >= 0.3 is 23.9 Å². The molecule has 3 atom stereocenters. The standard InChI is InChI=1S/C14H21NO9/c1-2-3-4-15-12(20)11(7(13(21)22)5-9(16)17)8(14(23)24)6-10(18)19/h7-8,11H,2-6H2,1H3,(H,15,20)(H,16,17)(H,18,19)(H,21,22)(H,23,24)/t7-,8+,11?. The molecule has 0 spiro atoms. The molecule has 0 aliphatic heterocycles. The van der Waals surface area contributed by atoms with Crippen molar-refractivity contribution in [1.82, 2.24) is 5.32 Å². The van der Waals surface area contributed by atoms with Crippen molar-refractivity contribution in [2.75, 3.05) is 6.54 Å².